The highest BCUT2D eigenvalue weighted by molar-refractivity contribution is 7.91. The van der Waals surface area contributed by atoms with Gasteiger partial charge in [0.15, 0.2) is 9.34 Å². The van der Waals surface area contributed by atoms with Crippen molar-refractivity contribution >= 4 is 56.4 Å². The van der Waals surface area contributed by atoms with Gasteiger partial charge in [0.25, 0.3) is 10.0 Å². The molecule has 0 radical (unpaired) electrons. The fourth-order valence-corrected chi connectivity index (χ4v) is 7.47. The van der Waals surface area contributed by atoms with Crippen molar-refractivity contribution in [3.63, 3.8) is 0 Å². The van der Waals surface area contributed by atoms with Crippen LogP contribution in [0.2, 0.25) is 5.02 Å². The summed E-state index contributed by atoms with van der Waals surface area (Å²) >= 11 is 7.06. The van der Waals surface area contributed by atoms with Crippen molar-refractivity contribution in [2.24, 2.45) is 0 Å². The largest absolute Gasteiger partial charge is 0.492 e. The Morgan fingerprint density at radius 3 is 2.68 bits per heavy atom. The Kier molecular flexibility index (Phi) is 9.01. The van der Waals surface area contributed by atoms with Crippen LogP contribution in [0.3, 0.4) is 0 Å². The summed E-state index contributed by atoms with van der Waals surface area (Å²) in [6.07, 6.45) is 5.60. The normalized spacial score (nSPS) is 18.0. The second kappa shape index (κ2) is 11.9. The molecule has 1 unspecified atom stereocenters. The topological polar surface area (TPSA) is 109 Å². The summed E-state index contributed by atoms with van der Waals surface area (Å²) in [5.74, 6) is 0.404. The number of hydrogen-bond acceptors (Lipinski definition) is 7. The van der Waals surface area contributed by atoms with Crippen LogP contribution < -0.4 is 20.1 Å². The maximum Gasteiger partial charge on any atom is 0.251 e. The van der Waals surface area contributed by atoms with Crippen LogP contribution in [-0.4, -0.2) is 39.0 Å². The van der Waals surface area contributed by atoms with Crippen LogP contribution in [0.15, 0.2) is 52.9 Å². The van der Waals surface area contributed by atoms with E-state index >= 15 is 0 Å². The molecule has 5 rings (SSSR count). The molecule has 2 aromatic carbocycles. The Bertz CT molecular complexity index is 1390. The lowest BCUT2D eigenvalue weighted by atomic mass is 9.58. The molecule has 0 bridgehead atoms. The van der Waals surface area contributed by atoms with E-state index in [4.69, 9.17) is 16.3 Å². The van der Waals surface area contributed by atoms with Gasteiger partial charge in [0.2, 0.25) is 5.91 Å². The summed E-state index contributed by atoms with van der Waals surface area (Å²) in [5, 5.41) is 7.23. The molecule has 2 aliphatic rings. The molecule has 1 saturated carbocycles. The number of benzene rings is 2. The SMILES string of the molecule is CC(=O)Nc1ncc(S(=O)(=O)NCCOc2ccc3c(c2)C(C2(c4ccc(Cl)cc4)CCC2)NCC3)s1.Cl. The van der Waals surface area contributed by atoms with Crippen LogP contribution in [0.5, 0.6) is 5.75 Å². The molecule has 0 saturated heterocycles. The van der Waals surface area contributed by atoms with Gasteiger partial charge >= 0.3 is 0 Å². The summed E-state index contributed by atoms with van der Waals surface area (Å²) in [7, 11) is -3.75. The van der Waals surface area contributed by atoms with Gasteiger partial charge in [-0.1, -0.05) is 47.6 Å². The maximum atomic E-state index is 12.6. The van der Waals surface area contributed by atoms with Crippen molar-refractivity contribution in [3.8, 4) is 5.75 Å². The number of fused-ring (bicyclic) bond motifs is 1. The number of sulfonamides is 1. The predicted octanol–water partition coefficient (Wildman–Crippen LogP) is 4.84. The zero-order valence-electron chi connectivity index (χ0n) is 20.8. The Balaban J connectivity index is 0.00000336. The maximum absolute atomic E-state index is 12.6. The third-order valence-corrected chi connectivity index (χ3v) is 10.2. The lowest BCUT2D eigenvalue weighted by molar-refractivity contribution is -0.114. The first kappa shape index (κ1) is 28.8. The van der Waals surface area contributed by atoms with Crippen molar-refractivity contribution in [3.05, 3.63) is 70.4 Å². The van der Waals surface area contributed by atoms with E-state index in [2.05, 4.69) is 44.6 Å². The number of rotatable bonds is 9. The Morgan fingerprint density at radius 1 is 1.24 bits per heavy atom. The number of aromatic nitrogens is 1. The fraction of sp³-hybridized carbons (Fsp3) is 0.385. The second-order valence-electron chi connectivity index (χ2n) is 9.43. The minimum atomic E-state index is -3.75. The molecular weight excluding hydrogens is 567 g/mol. The molecule has 1 fully saturated rings. The average Bonchev–Trinajstić information content (AvgIpc) is 3.31. The monoisotopic (exact) mass is 596 g/mol. The van der Waals surface area contributed by atoms with E-state index in [1.165, 1.54) is 36.2 Å². The fourth-order valence-electron chi connectivity index (χ4n) is 5.20. The molecule has 3 N–H and O–H groups in total. The zero-order valence-corrected chi connectivity index (χ0v) is 24.0. The minimum Gasteiger partial charge on any atom is -0.492 e. The number of hydrogen-bond donors (Lipinski definition) is 3. The molecule has 1 aromatic heterocycles. The average molecular weight is 598 g/mol. The van der Waals surface area contributed by atoms with Gasteiger partial charge < -0.3 is 15.4 Å². The molecule has 1 aliphatic carbocycles. The van der Waals surface area contributed by atoms with Crippen molar-refractivity contribution in [1.29, 1.82) is 0 Å². The van der Waals surface area contributed by atoms with Crippen LogP contribution in [-0.2, 0) is 26.7 Å². The molecule has 0 spiro atoms. The first-order chi connectivity index (χ1) is 17.8. The van der Waals surface area contributed by atoms with Gasteiger partial charge in [0.1, 0.15) is 12.4 Å². The van der Waals surface area contributed by atoms with E-state index in [0.717, 1.165) is 42.2 Å². The van der Waals surface area contributed by atoms with E-state index in [-0.39, 0.29) is 52.3 Å². The summed E-state index contributed by atoms with van der Waals surface area (Å²) < 4.78 is 33.6. The highest BCUT2D eigenvalue weighted by atomic mass is 35.5. The molecule has 3 aromatic rings. The molecule has 1 atom stereocenters. The Hall–Kier alpha value is -2.21. The van der Waals surface area contributed by atoms with Gasteiger partial charge in [0, 0.05) is 29.9 Å². The van der Waals surface area contributed by atoms with Gasteiger partial charge in [-0.05, 0) is 66.8 Å². The lowest BCUT2D eigenvalue weighted by Crippen LogP contribution is -2.49. The highest BCUT2D eigenvalue weighted by Crippen LogP contribution is 2.53. The number of amides is 1. The number of carbonyl (C=O) groups is 1. The summed E-state index contributed by atoms with van der Waals surface area (Å²) in [6.45, 7) is 2.54. The number of nitrogens with zero attached hydrogens (tertiary/aromatic N) is 1. The van der Waals surface area contributed by atoms with Crippen LogP contribution >= 0.6 is 35.3 Å². The quantitative estimate of drug-likeness (QED) is 0.305. The van der Waals surface area contributed by atoms with E-state index < -0.39 is 10.0 Å². The molecule has 1 amide bonds. The zero-order chi connectivity index (χ0) is 26.0. The van der Waals surface area contributed by atoms with Crippen molar-refractivity contribution in [1.82, 2.24) is 15.0 Å². The Morgan fingerprint density at radius 2 is 2.00 bits per heavy atom. The van der Waals surface area contributed by atoms with Gasteiger partial charge in [-0.15, -0.1) is 12.4 Å². The number of nitrogens with one attached hydrogen (secondary N) is 3. The van der Waals surface area contributed by atoms with Gasteiger partial charge in [-0.3, -0.25) is 4.79 Å². The van der Waals surface area contributed by atoms with E-state index in [1.54, 1.807) is 0 Å². The van der Waals surface area contributed by atoms with Crippen molar-refractivity contribution in [2.75, 3.05) is 25.0 Å². The van der Waals surface area contributed by atoms with Crippen LogP contribution in [0.4, 0.5) is 5.13 Å². The number of ether oxygens (including phenoxy) is 1. The van der Waals surface area contributed by atoms with E-state index in [1.807, 2.05) is 18.2 Å². The number of carbonyl (C=O) groups excluding carboxylic acids is 1. The third kappa shape index (κ3) is 6.00. The molecule has 1 aliphatic heterocycles. The molecule has 8 nitrogen and oxygen atoms in total. The molecule has 12 heteroatoms. The van der Waals surface area contributed by atoms with Gasteiger partial charge in [-0.25, -0.2) is 18.1 Å². The lowest BCUT2D eigenvalue weighted by Gasteiger charge is -2.50. The summed E-state index contributed by atoms with van der Waals surface area (Å²) in [4.78, 5) is 15.1. The molecule has 2 heterocycles. The number of anilines is 1. The van der Waals surface area contributed by atoms with Crippen LogP contribution in [0.25, 0.3) is 0 Å². The van der Waals surface area contributed by atoms with Gasteiger partial charge in [-0.2, -0.15) is 0 Å². The number of halogens is 2. The van der Waals surface area contributed by atoms with Crippen molar-refractivity contribution < 1.29 is 17.9 Å². The smallest absolute Gasteiger partial charge is 0.251 e. The van der Waals surface area contributed by atoms with Crippen LogP contribution in [0, 0.1) is 0 Å². The van der Waals surface area contributed by atoms with Crippen LogP contribution in [0.1, 0.15) is 48.9 Å². The number of thiazole rings is 1. The summed E-state index contributed by atoms with van der Waals surface area (Å²) in [5.41, 5.74) is 3.89. The second-order valence-corrected chi connectivity index (χ2v) is 12.9. The van der Waals surface area contributed by atoms with Gasteiger partial charge in [0.05, 0.1) is 6.20 Å². The molecule has 38 heavy (non-hydrogen) atoms. The van der Waals surface area contributed by atoms with Crippen molar-refractivity contribution in [2.45, 2.75) is 48.3 Å². The Labute approximate surface area is 238 Å². The third-order valence-electron chi connectivity index (χ3n) is 7.08. The molecule has 204 valence electrons. The first-order valence-electron chi connectivity index (χ1n) is 12.2. The standard InChI is InChI=1S/C26H29ClN4O4S2.ClH/c1-17(32)31-25-29-16-23(36-25)37(33,34)30-13-14-35-21-8-3-18-9-12-28-24(22(18)15-21)26(10-2-11-26)19-4-6-20(27)7-5-19;/h3-8,15-16,24,28,30H,2,9-14H2,1H3,(H,29,31,32);1H. The minimum absolute atomic E-state index is 0. The molecular formula is C26H30Cl2N4O4S2. The summed E-state index contributed by atoms with van der Waals surface area (Å²) in [6, 6.07) is 14.6. The van der Waals surface area contributed by atoms with E-state index in [9.17, 15) is 13.2 Å². The first-order valence-corrected chi connectivity index (χ1v) is 14.9. The highest BCUT2D eigenvalue weighted by Gasteiger charge is 2.47. The predicted molar refractivity (Wildman–Crippen MR) is 152 cm³/mol. The van der Waals surface area contributed by atoms with E-state index in [0.29, 0.717) is 5.75 Å².